The van der Waals surface area contributed by atoms with Gasteiger partial charge in [0.1, 0.15) is 5.78 Å². The number of alkyl halides is 1. The van der Waals surface area contributed by atoms with Gasteiger partial charge >= 0.3 is 7.48 Å². The Morgan fingerprint density at radius 2 is 2.12 bits per heavy atom. The minimum absolute atomic E-state index is 0.0120. The smallest absolute Gasteiger partial charge is 0.305 e. The molecular weight excluding hydrogens is 224 g/mol. The Morgan fingerprint density at radius 3 is 2.69 bits per heavy atom. The molecule has 0 bridgehead atoms. The van der Waals surface area contributed by atoms with Crippen LogP contribution in [0.4, 0.5) is 0 Å². The molecule has 0 saturated carbocycles. The first kappa shape index (κ1) is 13.2. The Balaban J connectivity index is 2.59. The van der Waals surface area contributed by atoms with E-state index in [1.807, 2.05) is 30.3 Å². The number of carbonyl (C=O) groups is 1. The summed E-state index contributed by atoms with van der Waals surface area (Å²) in [5.41, 5.74) is 6.29. The van der Waals surface area contributed by atoms with Crippen molar-refractivity contribution < 1.29 is 9.45 Å². The quantitative estimate of drug-likeness (QED) is 0.443. The molecule has 0 saturated heterocycles. The number of ketones is 1. The molecule has 0 fully saturated rings. The summed E-state index contributed by atoms with van der Waals surface area (Å²) in [6.07, 6.45) is 0.590. The van der Waals surface area contributed by atoms with Crippen molar-refractivity contribution in [3.8, 4) is 0 Å². The van der Waals surface area contributed by atoms with Gasteiger partial charge in [0, 0.05) is 5.82 Å². The van der Waals surface area contributed by atoms with Crippen molar-refractivity contribution in [2.24, 2.45) is 5.73 Å². The minimum Gasteiger partial charge on any atom is -0.428 e. The topological polar surface area (TPSA) is 52.3 Å². The van der Waals surface area contributed by atoms with E-state index < -0.39 is 0 Å². The van der Waals surface area contributed by atoms with Gasteiger partial charge in [-0.1, -0.05) is 30.3 Å². The van der Waals surface area contributed by atoms with E-state index in [-0.39, 0.29) is 24.2 Å². The van der Waals surface area contributed by atoms with Crippen LogP contribution in [0.15, 0.2) is 30.3 Å². The molecule has 2 N–H and O–H groups in total. The standard InChI is InChI=1S/C11H14BClNO2/c13-7-11(15)10(12-16-8-14)6-9-4-2-1-3-5-9/h1-5,10H,6-8,14H2/t10-/m0/s1. The normalized spacial score (nSPS) is 12.1. The van der Waals surface area contributed by atoms with Crippen molar-refractivity contribution >= 4 is 24.9 Å². The summed E-state index contributed by atoms with van der Waals surface area (Å²) >= 11 is 5.54. The van der Waals surface area contributed by atoms with Crippen LogP contribution in [0.5, 0.6) is 0 Å². The molecule has 1 atom stereocenters. The highest BCUT2D eigenvalue weighted by Crippen LogP contribution is 2.15. The van der Waals surface area contributed by atoms with E-state index >= 15 is 0 Å². The summed E-state index contributed by atoms with van der Waals surface area (Å²) in [5.74, 6) is -0.399. The van der Waals surface area contributed by atoms with E-state index in [0.717, 1.165) is 5.56 Å². The predicted molar refractivity (Wildman–Crippen MR) is 65.5 cm³/mol. The molecular formula is C11H14BClNO2. The van der Waals surface area contributed by atoms with Gasteiger partial charge in [0.15, 0.2) is 0 Å². The molecule has 0 aromatic heterocycles. The largest absolute Gasteiger partial charge is 0.428 e. The average Bonchev–Trinajstić information content (AvgIpc) is 2.34. The van der Waals surface area contributed by atoms with Crippen LogP contribution in [0.25, 0.3) is 0 Å². The number of carbonyl (C=O) groups excluding carboxylic acids is 1. The number of Topliss-reactive ketones (excluding diaryl/α,β-unsaturated/α-hetero) is 1. The Labute approximate surface area is 101 Å². The van der Waals surface area contributed by atoms with Crippen molar-refractivity contribution in [3.63, 3.8) is 0 Å². The molecule has 1 aromatic rings. The lowest BCUT2D eigenvalue weighted by Gasteiger charge is -2.12. The van der Waals surface area contributed by atoms with Crippen molar-refractivity contribution in [2.45, 2.75) is 12.2 Å². The minimum atomic E-state index is -0.330. The first-order chi connectivity index (χ1) is 7.77. The van der Waals surface area contributed by atoms with Gasteiger partial charge in [-0.3, -0.25) is 4.79 Å². The summed E-state index contributed by atoms with van der Waals surface area (Å²) in [7, 11) is 1.47. The molecule has 16 heavy (non-hydrogen) atoms. The first-order valence-electron chi connectivity index (χ1n) is 5.05. The third-order valence-corrected chi connectivity index (χ3v) is 2.46. The average molecular weight is 239 g/mol. The van der Waals surface area contributed by atoms with Gasteiger partial charge in [-0.15, -0.1) is 11.6 Å². The molecule has 0 aliphatic heterocycles. The highest BCUT2D eigenvalue weighted by molar-refractivity contribution is 6.42. The zero-order valence-corrected chi connectivity index (χ0v) is 9.69. The molecule has 0 spiro atoms. The summed E-state index contributed by atoms with van der Waals surface area (Å²) in [6.45, 7) is 0.0703. The van der Waals surface area contributed by atoms with E-state index in [1.165, 1.54) is 7.48 Å². The second-order valence-corrected chi connectivity index (χ2v) is 3.63. The van der Waals surface area contributed by atoms with E-state index in [0.29, 0.717) is 6.42 Å². The molecule has 5 heteroatoms. The van der Waals surface area contributed by atoms with Gasteiger partial charge in [-0.05, 0) is 12.0 Å². The summed E-state index contributed by atoms with van der Waals surface area (Å²) in [4.78, 5) is 11.5. The molecule has 0 amide bonds. The summed E-state index contributed by atoms with van der Waals surface area (Å²) in [5, 5.41) is 0. The number of benzene rings is 1. The maximum Gasteiger partial charge on any atom is 0.305 e. The van der Waals surface area contributed by atoms with Crippen LogP contribution in [0, 0.1) is 0 Å². The highest BCUT2D eigenvalue weighted by atomic mass is 35.5. The van der Waals surface area contributed by atoms with Crippen molar-refractivity contribution in [2.75, 3.05) is 12.6 Å². The van der Waals surface area contributed by atoms with Crippen LogP contribution in [-0.2, 0) is 15.9 Å². The molecule has 0 aliphatic rings. The maximum absolute atomic E-state index is 11.5. The number of hydrogen-bond donors (Lipinski definition) is 1. The Kier molecular flexibility index (Phi) is 6.15. The van der Waals surface area contributed by atoms with E-state index in [4.69, 9.17) is 22.0 Å². The van der Waals surface area contributed by atoms with Crippen LogP contribution < -0.4 is 5.73 Å². The first-order valence-corrected chi connectivity index (χ1v) is 5.59. The lowest BCUT2D eigenvalue weighted by atomic mass is 9.73. The molecule has 1 aromatic carbocycles. The predicted octanol–water partition coefficient (Wildman–Crippen LogP) is 1.38. The van der Waals surface area contributed by atoms with Gasteiger partial charge < -0.3 is 10.4 Å². The van der Waals surface area contributed by atoms with Gasteiger partial charge in [-0.2, -0.15) is 0 Å². The van der Waals surface area contributed by atoms with Gasteiger partial charge in [0.2, 0.25) is 0 Å². The molecule has 3 nitrogen and oxygen atoms in total. The molecule has 0 aliphatic carbocycles. The maximum atomic E-state index is 11.5. The third-order valence-electron chi connectivity index (χ3n) is 2.20. The van der Waals surface area contributed by atoms with Gasteiger partial charge in [0.05, 0.1) is 12.6 Å². The van der Waals surface area contributed by atoms with Crippen LogP contribution in [-0.4, -0.2) is 25.9 Å². The fourth-order valence-electron chi connectivity index (χ4n) is 1.38. The number of hydrogen-bond acceptors (Lipinski definition) is 3. The second kappa shape index (κ2) is 7.44. The monoisotopic (exact) mass is 238 g/mol. The Bertz CT molecular complexity index is 321. The zero-order chi connectivity index (χ0) is 11.8. The SMILES string of the molecule is NCO[B][C@@H](Cc1ccccc1)C(=O)CCl. The van der Waals surface area contributed by atoms with E-state index in [2.05, 4.69) is 0 Å². The molecule has 85 valence electrons. The third kappa shape index (κ3) is 4.35. The molecule has 0 heterocycles. The number of halogens is 1. The van der Waals surface area contributed by atoms with Crippen LogP contribution in [0.3, 0.4) is 0 Å². The van der Waals surface area contributed by atoms with Crippen molar-refractivity contribution in [1.29, 1.82) is 0 Å². The number of rotatable bonds is 7. The number of nitrogens with two attached hydrogens (primary N) is 1. The Hall–Kier alpha value is -0.835. The van der Waals surface area contributed by atoms with Gasteiger partial charge in [0.25, 0.3) is 0 Å². The van der Waals surface area contributed by atoms with Crippen molar-refractivity contribution in [1.82, 2.24) is 0 Å². The van der Waals surface area contributed by atoms with Crippen LogP contribution in [0.1, 0.15) is 5.56 Å². The van der Waals surface area contributed by atoms with Crippen LogP contribution >= 0.6 is 11.6 Å². The fraction of sp³-hybridized carbons (Fsp3) is 0.364. The van der Waals surface area contributed by atoms with Crippen LogP contribution in [0.2, 0.25) is 5.82 Å². The lowest BCUT2D eigenvalue weighted by Crippen LogP contribution is -2.23. The Morgan fingerprint density at radius 1 is 1.44 bits per heavy atom. The highest BCUT2D eigenvalue weighted by Gasteiger charge is 2.20. The fourth-order valence-corrected chi connectivity index (χ4v) is 1.57. The molecule has 1 rings (SSSR count). The van der Waals surface area contributed by atoms with E-state index in [9.17, 15) is 4.79 Å². The summed E-state index contributed by atoms with van der Waals surface area (Å²) < 4.78 is 4.96. The summed E-state index contributed by atoms with van der Waals surface area (Å²) in [6, 6.07) is 9.72. The second-order valence-electron chi connectivity index (χ2n) is 3.37. The van der Waals surface area contributed by atoms with Crippen molar-refractivity contribution in [3.05, 3.63) is 35.9 Å². The lowest BCUT2D eigenvalue weighted by molar-refractivity contribution is -0.116. The van der Waals surface area contributed by atoms with E-state index in [1.54, 1.807) is 0 Å². The molecule has 0 unspecified atom stereocenters. The van der Waals surface area contributed by atoms with Gasteiger partial charge in [-0.25, -0.2) is 0 Å². The molecule has 1 radical (unpaired) electrons. The zero-order valence-electron chi connectivity index (χ0n) is 8.93.